The van der Waals surface area contributed by atoms with E-state index in [4.69, 9.17) is 5.73 Å². The summed E-state index contributed by atoms with van der Waals surface area (Å²) < 4.78 is 0. The average Bonchev–Trinajstić information content (AvgIpc) is 2.86. The molecule has 11 nitrogen and oxygen atoms in total. The van der Waals surface area contributed by atoms with Crippen molar-refractivity contribution >= 4 is 34.7 Å². The predicted molar refractivity (Wildman–Crippen MR) is 143 cm³/mol. The van der Waals surface area contributed by atoms with Crippen LogP contribution in [0.2, 0.25) is 0 Å². The highest BCUT2D eigenvalue weighted by molar-refractivity contribution is 6.24. The van der Waals surface area contributed by atoms with Gasteiger partial charge in [-0.25, -0.2) is 0 Å². The van der Waals surface area contributed by atoms with Crippen molar-refractivity contribution in [2.45, 2.75) is 44.2 Å². The highest BCUT2D eigenvalue weighted by Crippen LogP contribution is 2.53. The third-order valence-corrected chi connectivity index (χ3v) is 8.44. The quantitative estimate of drug-likeness (QED) is 0.299. The minimum Gasteiger partial charge on any atom is -0.508 e. The van der Waals surface area contributed by atoms with Crippen LogP contribution in [0.15, 0.2) is 46.9 Å². The van der Waals surface area contributed by atoms with Gasteiger partial charge in [-0.05, 0) is 74.5 Å². The summed E-state index contributed by atoms with van der Waals surface area (Å²) in [5.41, 5.74) is 4.74. The van der Waals surface area contributed by atoms with E-state index in [2.05, 4.69) is 5.32 Å². The van der Waals surface area contributed by atoms with Crippen LogP contribution in [0.25, 0.3) is 11.3 Å². The maximum Gasteiger partial charge on any atom is 0.255 e. The number of phenolic OH excluding ortho intramolecular Hbond substituents is 1. The highest BCUT2D eigenvalue weighted by Gasteiger charge is 2.64. The standard InChI is InChI=1S/C29H31N3O8/c1-12(33)31-15-6-4-13(5-7-15)16-8-9-19(34)21-17(16)10-14-11-18-23(32(2)3)25(36)22(28(30)39)27(38)29(18,40)26(37)20(14)24(21)35/h4,6,8-9,14,18,23,34-35,38,40H,5,7,10-11H2,1-3H3,(H2,30,39)(H,31,33)/t14-,18-,23-,29-/m0/s1. The summed E-state index contributed by atoms with van der Waals surface area (Å²) in [5, 5.41) is 47.6. The molecule has 210 valence electrons. The molecule has 2 amide bonds. The molecule has 7 N–H and O–H groups in total. The van der Waals surface area contributed by atoms with Gasteiger partial charge in [0.2, 0.25) is 11.7 Å². The van der Waals surface area contributed by atoms with Gasteiger partial charge in [0, 0.05) is 24.1 Å². The molecule has 11 heteroatoms. The Morgan fingerprint density at radius 3 is 2.38 bits per heavy atom. The SMILES string of the molecule is CC(=O)NC1=CC=C(c2ccc(O)c3c2C[C@H]2C[C@H]4[C@H](N(C)C)C(=O)C(C(N)=O)=C(O)[C@@]4(O)C(=O)C2=C3O)CC1. The van der Waals surface area contributed by atoms with Crippen LogP contribution in [-0.2, 0) is 25.6 Å². The maximum absolute atomic E-state index is 13.9. The normalized spacial score (nSPS) is 28.0. The number of fused-ring (bicyclic) bond motifs is 3. The first-order valence-electron chi connectivity index (χ1n) is 13.0. The van der Waals surface area contributed by atoms with E-state index in [0.29, 0.717) is 18.4 Å². The summed E-state index contributed by atoms with van der Waals surface area (Å²) in [6.45, 7) is 1.43. The van der Waals surface area contributed by atoms with E-state index in [-0.39, 0.29) is 35.6 Å². The largest absolute Gasteiger partial charge is 0.508 e. The Kier molecular flexibility index (Phi) is 6.47. The Bertz CT molecular complexity index is 1510. The molecular weight excluding hydrogens is 518 g/mol. The molecule has 0 radical (unpaired) electrons. The molecule has 1 fully saturated rings. The second-order valence-electron chi connectivity index (χ2n) is 11.0. The minimum absolute atomic E-state index is 0.0203. The Morgan fingerprint density at radius 2 is 1.80 bits per heavy atom. The van der Waals surface area contributed by atoms with E-state index in [1.165, 1.54) is 17.9 Å². The Hall–Kier alpha value is -4.22. The lowest BCUT2D eigenvalue weighted by atomic mass is 9.57. The summed E-state index contributed by atoms with van der Waals surface area (Å²) in [6, 6.07) is 2.00. The third-order valence-electron chi connectivity index (χ3n) is 8.44. The van der Waals surface area contributed by atoms with Crippen molar-refractivity contribution in [2.24, 2.45) is 17.6 Å². The number of hydrogen-bond donors (Lipinski definition) is 6. The zero-order valence-corrected chi connectivity index (χ0v) is 22.3. The molecule has 0 heterocycles. The van der Waals surface area contributed by atoms with Crippen molar-refractivity contribution < 1.29 is 39.6 Å². The number of allylic oxidation sites excluding steroid dienone is 4. The number of phenols is 1. The first-order chi connectivity index (χ1) is 18.8. The zero-order valence-electron chi connectivity index (χ0n) is 22.3. The number of primary amides is 1. The smallest absolute Gasteiger partial charge is 0.255 e. The number of aliphatic hydroxyl groups is 3. The molecule has 0 unspecified atom stereocenters. The van der Waals surface area contributed by atoms with Crippen molar-refractivity contribution in [3.63, 3.8) is 0 Å². The second kappa shape index (κ2) is 9.46. The van der Waals surface area contributed by atoms with Gasteiger partial charge >= 0.3 is 0 Å². The molecule has 1 saturated carbocycles. The van der Waals surface area contributed by atoms with Gasteiger partial charge in [-0.3, -0.25) is 24.1 Å². The van der Waals surface area contributed by atoms with Crippen LogP contribution in [-0.4, -0.2) is 74.4 Å². The number of hydrogen-bond acceptors (Lipinski definition) is 9. The van der Waals surface area contributed by atoms with Crippen molar-refractivity contribution in [1.29, 1.82) is 0 Å². The van der Waals surface area contributed by atoms with Gasteiger partial charge in [0.05, 0.1) is 11.6 Å². The number of nitrogens with one attached hydrogen (secondary N) is 1. The molecule has 40 heavy (non-hydrogen) atoms. The minimum atomic E-state index is -2.67. The topological polar surface area (TPSA) is 190 Å². The summed E-state index contributed by atoms with van der Waals surface area (Å²) in [5.74, 6) is -6.98. The second-order valence-corrected chi connectivity index (χ2v) is 11.0. The molecule has 0 saturated heterocycles. The molecule has 0 spiro atoms. The maximum atomic E-state index is 13.9. The number of amides is 2. The number of aromatic hydroxyl groups is 1. The van der Waals surface area contributed by atoms with E-state index in [0.717, 1.165) is 16.8 Å². The Balaban J connectivity index is 1.66. The van der Waals surface area contributed by atoms with Gasteiger partial charge in [-0.1, -0.05) is 12.1 Å². The van der Waals surface area contributed by atoms with Crippen LogP contribution in [0.5, 0.6) is 5.75 Å². The Labute approximate surface area is 230 Å². The van der Waals surface area contributed by atoms with Gasteiger partial charge in [0.25, 0.3) is 5.91 Å². The van der Waals surface area contributed by atoms with Crippen LogP contribution in [0.3, 0.4) is 0 Å². The van der Waals surface area contributed by atoms with Crippen molar-refractivity contribution in [3.05, 3.63) is 63.6 Å². The lowest BCUT2D eigenvalue weighted by Gasteiger charge is -2.50. The van der Waals surface area contributed by atoms with Crippen molar-refractivity contribution in [2.75, 3.05) is 14.1 Å². The molecule has 0 aromatic heterocycles. The van der Waals surface area contributed by atoms with Crippen molar-refractivity contribution in [3.8, 4) is 5.75 Å². The van der Waals surface area contributed by atoms with E-state index in [9.17, 15) is 39.6 Å². The van der Waals surface area contributed by atoms with Crippen LogP contribution in [0.1, 0.15) is 42.9 Å². The molecule has 5 rings (SSSR count). The molecule has 1 aromatic carbocycles. The van der Waals surface area contributed by atoms with Gasteiger partial charge in [0.1, 0.15) is 22.8 Å². The number of Topliss-reactive ketones (excluding diaryl/α,β-unsaturated/α-hetero) is 2. The van der Waals surface area contributed by atoms with Crippen LogP contribution < -0.4 is 11.1 Å². The fourth-order valence-electron chi connectivity index (χ4n) is 6.74. The molecule has 0 aliphatic heterocycles. The molecule has 4 aliphatic carbocycles. The van der Waals surface area contributed by atoms with E-state index in [1.807, 2.05) is 6.08 Å². The zero-order chi connectivity index (χ0) is 29.3. The number of benzene rings is 1. The van der Waals surface area contributed by atoms with Gasteiger partial charge in [-0.2, -0.15) is 0 Å². The lowest BCUT2D eigenvalue weighted by Crippen LogP contribution is -2.65. The molecular formula is C29H31N3O8. The number of carbonyl (C=O) groups excluding carboxylic acids is 4. The van der Waals surface area contributed by atoms with Gasteiger partial charge in [0.15, 0.2) is 11.4 Å². The molecule has 1 aromatic rings. The van der Waals surface area contributed by atoms with Gasteiger partial charge in [-0.15, -0.1) is 0 Å². The summed E-state index contributed by atoms with van der Waals surface area (Å²) in [4.78, 5) is 52.2. The van der Waals surface area contributed by atoms with E-state index in [1.54, 1.807) is 26.2 Å². The fraction of sp³-hybridized carbons (Fsp3) is 0.379. The Morgan fingerprint density at radius 1 is 1.10 bits per heavy atom. The first-order valence-corrected chi connectivity index (χ1v) is 13.0. The van der Waals surface area contributed by atoms with E-state index >= 15 is 0 Å². The molecule has 4 aliphatic rings. The number of nitrogens with zero attached hydrogens (tertiary/aromatic N) is 1. The van der Waals surface area contributed by atoms with Crippen LogP contribution in [0.4, 0.5) is 0 Å². The summed E-state index contributed by atoms with van der Waals surface area (Å²) in [7, 11) is 3.11. The lowest BCUT2D eigenvalue weighted by molar-refractivity contribution is -0.153. The number of likely N-dealkylation sites (N-methyl/N-ethyl adjacent to an activating group) is 1. The average molecular weight is 550 g/mol. The van der Waals surface area contributed by atoms with Crippen LogP contribution >= 0.6 is 0 Å². The number of ketones is 2. The highest BCUT2D eigenvalue weighted by atomic mass is 16.3. The number of rotatable bonds is 4. The first kappa shape index (κ1) is 27.4. The molecule has 0 bridgehead atoms. The van der Waals surface area contributed by atoms with Crippen LogP contribution in [0, 0.1) is 11.8 Å². The fourth-order valence-corrected chi connectivity index (χ4v) is 6.74. The predicted octanol–water partition coefficient (Wildman–Crippen LogP) is 1.16. The summed E-state index contributed by atoms with van der Waals surface area (Å²) in [6.07, 6.45) is 5.04. The molecule has 4 atom stereocenters. The third kappa shape index (κ3) is 3.88. The number of nitrogens with two attached hydrogens (primary N) is 1. The monoisotopic (exact) mass is 549 g/mol. The summed E-state index contributed by atoms with van der Waals surface area (Å²) >= 11 is 0. The number of aliphatic hydroxyl groups excluding tert-OH is 2. The van der Waals surface area contributed by atoms with Gasteiger partial charge < -0.3 is 31.5 Å². The number of carbonyl (C=O) groups is 4. The van der Waals surface area contributed by atoms with Crippen molar-refractivity contribution in [1.82, 2.24) is 10.2 Å². The van der Waals surface area contributed by atoms with E-state index < -0.39 is 58.0 Å².